The molecule has 1 N–H and O–H groups in total. The first kappa shape index (κ1) is 15.8. The van der Waals surface area contributed by atoms with Crippen molar-refractivity contribution < 1.29 is 13.2 Å². The van der Waals surface area contributed by atoms with E-state index >= 15 is 0 Å². The van der Waals surface area contributed by atoms with Crippen LogP contribution in [0.2, 0.25) is 0 Å². The first-order chi connectivity index (χ1) is 9.50. The van der Waals surface area contributed by atoms with Crippen molar-refractivity contribution in [3.63, 3.8) is 0 Å². The molecule has 2 saturated heterocycles. The molecular weight excluding hydrogens is 276 g/mol. The van der Waals surface area contributed by atoms with Crippen LogP contribution in [0.3, 0.4) is 0 Å². The number of piperidine rings is 1. The maximum Gasteiger partial charge on any atom is 0.222 e. The van der Waals surface area contributed by atoms with Gasteiger partial charge < -0.3 is 10.2 Å². The first-order valence-corrected chi connectivity index (χ1v) is 9.54. The standard InChI is InChI=1S/C14H26N2O3S/c1-2-16(10-13-5-3-4-7-15-13)14(17)9-12-6-8-20(18,19)11-12/h12-13,15H,2-11H2,1H3. The number of likely N-dealkylation sites (N-methyl/N-ethyl adjacent to an activating group) is 1. The molecule has 0 aliphatic carbocycles. The van der Waals surface area contributed by atoms with Crippen LogP contribution >= 0.6 is 0 Å². The second-order valence-electron chi connectivity index (χ2n) is 6.05. The van der Waals surface area contributed by atoms with Crippen LogP contribution in [0.1, 0.15) is 39.0 Å². The Morgan fingerprint density at radius 3 is 2.65 bits per heavy atom. The summed E-state index contributed by atoms with van der Waals surface area (Å²) in [4.78, 5) is 14.2. The minimum atomic E-state index is -2.88. The van der Waals surface area contributed by atoms with Gasteiger partial charge in [-0.3, -0.25) is 4.79 Å². The Hall–Kier alpha value is -0.620. The smallest absolute Gasteiger partial charge is 0.222 e. The van der Waals surface area contributed by atoms with Gasteiger partial charge in [-0.1, -0.05) is 6.42 Å². The zero-order valence-corrected chi connectivity index (χ0v) is 13.1. The van der Waals surface area contributed by atoms with Crippen molar-refractivity contribution in [3.05, 3.63) is 0 Å². The van der Waals surface area contributed by atoms with E-state index < -0.39 is 9.84 Å². The summed E-state index contributed by atoms with van der Waals surface area (Å²) in [5.74, 6) is 0.585. The molecule has 2 unspecified atom stereocenters. The van der Waals surface area contributed by atoms with Gasteiger partial charge in [0.15, 0.2) is 9.84 Å². The summed E-state index contributed by atoms with van der Waals surface area (Å²) in [6, 6.07) is 0.403. The lowest BCUT2D eigenvalue weighted by atomic mass is 10.0. The lowest BCUT2D eigenvalue weighted by Crippen LogP contribution is -2.46. The number of nitrogens with one attached hydrogen (secondary N) is 1. The highest BCUT2D eigenvalue weighted by atomic mass is 32.2. The van der Waals surface area contributed by atoms with Crippen LogP contribution in [0.25, 0.3) is 0 Å². The van der Waals surface area contributed by atoms with Gasteiger partial charge in [0, 0.05) is 25.6 Å². The molecule has 2 aliphatic rings. The SMILES string of the molecule is CCN(CC1CCCCN1)C(=O)CC1CCS(=O)(=O)C1. The van der Waals surface area contributed by atoms with E-state index in [-0.39, 0.29) is 23.3 Å². The molecular formula is C14H26N2O3S. The highest BCUT2D eigenvalue weighted by Crippen LogP contribution is 2.22. The van der Waals surface area contributed by atoms with E-state index in [1.54, 1.807) is 0 Å². The summed E-state index contributed by atoms with van der Waals surface area (Å²) in [5.41, 5.74) is 0. The van der Waals surface area contributed by atoms with Crippen molar-refractivity contribution in [1.82, 2.24) is 10.2 Å². The average Bonchev–Trinajstić information content (AvgIpc) is 2.76. The highest BCUT2D eigenvalue weighted by Gasteiger charge is 2.31. The van der Waals surface area contributed by atoms with Gasteiger partial charge in [-0.05, 0) is 38.6 Å². The molecule has 5 nitrogen and oxygen atoms in total. The third-order valence-corrected chi connectivity index (χ3v) is 6.21. The van der Waals surface area contributed by atoms with Gasteiger partial charge in [-0.25, -0.2) is 8.42 Å². The van der Waals surface area contributed by atoms with E-state index in [0.717, 1.165) is 19.5 Å². The third-order valence-electron chi connectivity index (χ3n) is 4.38. The van der Waals surface area contributed by atoms with Crippen molar-refractivity contribution in [2.24, 2.45) is 5.92 Å². The molecule has 116 valence electrons. The normalized spacial score (nSPS) is 29.2. The summed E-state index contributed by atoms with van der Waals surface area (Å²) >= 11 is 0. The quantitative estimate of drug-likeness (QED) is 0.816. The molecule has 0 saturated carbocycles. The number of hydrogen-bond donors (Lipinski definition) is 1. The third kappa shape index (κ3) is 4.45. The van der Waals surface area contributed by atoms with Crippen LogP contribution in [0.4, 0.5) is 0 Å². The number of nitrogens with zero attached hydrogens (tertiary/aromatic N) is 1. The molecule has 2 atom stereocenters. The van der Waals surface area contributed by atoms with E-state index in [1.807, 2.05) is 11.8 Å². The highest BCUT2D eigenvalue weighted by molar-refractivity contribution is 7.91. The molecule has 0 bridgehead atoms. The molecule has 2 fully saturated rings. The second-order valence-corrected chi connectivity index (χ2v) is 8.28. The maximum atomic E-state index is 12.3. The summed E-state index contributed by atoms with van der Waals surface area (Å²) in [7, 11) is -2.88. The minimum Gasteiger partial charge on any atom is -0.341 e. The Morgan fingerprint density at radius 2 is 2.10 bits per heavy atom. The maximum absolute atomic E-state index is 12.3. The number of hydrogen-bond acceptors (Lipinski definition) is 4. The molecule has 0 aromatic heterocycles. The van der Waals surface area contributed by atoms with Gasteiger partial charge in [0.25, 0.3) is 0 Å². The monoisotopic (exact) mass is 302 g/mol. The fraction of sp³-hybridized carbons (Fsp3) is 0.929. The van der Waals surface area contributed by atoms with Crippen LogP contribution in [0.15, 0.2) is 0 Å². The minimum absolute atomic E-state index is 0.0286. The van der Waals surface area contributed by atoms with Gasteiger partial charge in [0.2, 0.25) is 5.91 Å². The fourth-order valence-corrected chi connectivity index (χ4v) is 5.02. The Labute approximate surface area is 122 Å². The topological polar surface area (TPSA) is 66.5 Å². The number of carbonyl (C=O) groups excluding carboxylic acids is 1. The Bertz CT molecular complexity index is 430. The Morgan fingerprint density at radius 1 is 1.30 bits per heavy atom. The molecule has 2 aliphatic heterocycles. The number of amides is 1. The summed E-state index contributed by atoms with van der Waals surface area (Å²) in [5, 5.41) is 3.46. The predicted octanol–water partition coefficient (Wildman–Crippen LogP) is 0.802. The van der Waals surface area contributed by atoms with Crippen molar-refractivity contribution in [2.75, 3.05) is 31.1 Å². The first-order valence-electron chi connectivity index (χ1n) is 7.72. The van der Waals surface area contributed by atoms with Crippen molar-refractivity contribution in [3.8, 4) is 0 Å². The Balaban J connectivity index is 1.82. The van der Waals surface area contributed by atoms with Gasteiger partial charge in [-0.2, -0.15) is 0 Å². The van der Waals surface area contributed by atoms with Crippen molar-refractivity contribution >= 4 is 15.7 Å². The zero-order chi connectivity index (χ0) is 14.6. The number of carbonyl (C=O) groups is 1. The second kappa shape index (κ2) is 6.89. The van der Waals surface area contributed by atoms with Crippen LogP contribution in [-0.2, 0) is 14.6 Å². The number of rotatable bonds is 5. The fourth-order valence-electron chi connectivity index (χ4n) is 3.16. The van der Waals surface area contributed by atoms with E-state index in [0.29, 0.717) is 25.4 Å². The van der Waals surface area contributed by atoms with E-state index in [2.05, 4.69) is 5.32 Å². The summed E-state index contributed by atoms with van der Waals surface area (Å²) in [6.07, 6.45) is 4.61. The summed E-state index contributed by atoms with van der Waals surface area (Å²) < 4.78 is 22.9. The summed E-state index contributed by atoms with van der Waals surface area (Å²) in [6.45, 7) is 4.49. The molecule has 2 heterocycles. The average molecular weight is 302 g/mol. The largest absolute Gasteiger partial charge is 0.341 e. The van der Waals surface area contributed by atoms with Gasteiger partial charge in [0.05, 0.1) is 11.5 Å². The van der Waals surface area contributed by atoms with Crippen molar-refractivity contribution in [2.45, 2.75) is 45.1 Å². The molecule has 6 heteroatoms. The lowest BCUT2D eigenvalue weighted by Gasteiger charge is -2.30. The van der Waals surface area contributed by atoms with E-state index in [4.69, 9.17) is 0 Å². The van der Waals surface area contributed by atoms with Crippen molar-refractivity contribution in [1.29, 1.82) is 0 Å². The van der Waals surface area contributed by atoms with Gasteiger partial charge in [-0.15, -0.1) is 0 Å². The molecule has 0 aromatic carbocycles. The van der Waals surface area contributed by atoms with Gasteiger partial charge >= 0.3 is 0 Å². The van der Waals surface area contributed by atoms with Gasteiger partial charge in [0.1, 0.15) is 0 Å². The molecule has 2 rings (SSSR count). The molecule has 1 amide bonds. The van der Waals surface area contributed by atoms with Crippen LogP contribution in [0, 0.1) is 5.92 Å². The predicted molar refractivity (Wildman–Crippen MR) is 79.3 cm³/mol. The van der Waals surface area contributed by atoms with E-state index in [1.165, 1.54) is 12.8 Å². The molecule has 0 aromatic rings. The van der Waals surface area contributed by atoms with E-state index in [9.17, 15) is 13.2 Å². The zero-order valence-electron chi connectivity index (χ0n) is 12.3. The van der Waals surface area contributed by atoms with Crippen LogP contribution in [-0.4, -0.2) is 56.4 Å². The molecule has 0 radical (unpaired) electrons. The molecule has 20 heavy (non-hydrogen) atoms. The molecule has 0 spiro atoms. The van der Waals surface area contributed by atoms with Crippen LogP contribution in [0.5, 0.6) is 0 Å². The number of sulfone groups is 1. The lowest BCUT2D eigenvalue weighted by molar-refractivity contribution is -0.132. The Kier molecular flexibility index (Phi) is 5.43. The van der Waals surface area contributed by atoms with Crippen LogP contribution < -0.4 is 5.32 Å².